The van der Waals surface area contributed by atoms with E-state index in [9.17, 15) is 22.4 Å². The van der Waals surface area contributed by atoms with Gasteiger partial charge in [0, 0.05) is 49.5 Å². The number of carbonyl (C=O) groups excluding carboxylic acids is 1. The lowest BCUT2D eigenvalue weighted by atomic mass is 9.71. The van der Waals surface area contributed by atoms with Crippen molar-refractivity contribution in [2.45, 2.75) is 56.0 Å². The number of carbonyl (C=O) groups is 1. The second kappa shape index (κ2) is 9.77. The molecule has 3 saturated heterocycles. The van der Waals surface area contributed by atoms with Gasteiger partial charge in [-0.1, -0.05) is 12.1 Å². The molecule has 1 aliphatic carbocycles. The van der Waals surface area contributed by atoms with E-state index in [4.69, 9.17) is 0 Å². The molecule has 204 valence electrons. The Bertz CT molecular complexity index is 1180. The lowest BCUT2D eigenvalue weighted by molar-refractivity contribution is -0.143. The molecule has 0 bridgehead atoms. The van der Waals surface area contributed by atoms with Crippen molar-refractivity contribution in [3.63, 3.8) is 0 Å². The first-order chi connectivity index (χ1) is 18.1. The Morgan fingerprint density at radius 3 is 2.53 bits per heavy atom. The van der Waals surface area contributed by atoms with Gasteiger partial charge < -0.3 is 10.2 Å². The maximum absolute atomic E-state index is 13.6. The molecule has 7 nitrogen and oxygen atoms in total. The van der Waals surface area contributed by atoms with Crippen molar-refractivity contribution >= 4 is 6.03 Å². The average Bonchev–Trinajstić information content (AvgIpc) is 3.45. The number of hydrogen-bond donors (Lipinski definition) is 3. The van der Waals surface area contributed by atoms with Gasteiger partial charge in [-0.05, 0) is 67.0 Å². The summed E-state index contributed by atoms with van der Waals surface area (Å²) in [5, 5.41) is 3.17. The van der Waals surface area contributed by atoms with Gasteiger partial charge in [0.05, 0.1) is 18.6 Å². The first-order valence-corrected chi connectivity index (χ1v) is 13.2. The molecule has 2 aromatic rings. The van der Waals surface area contributed by atoms with Gasteiger partial charge in [-0.15, -0.1) is 0 Å². The smallest absolute Gasteiger partial charge is 0.335 e. The molecule has 4 fully saturated rings. The van der Waals surface area contributed by atoms with Crippen LogP contribution >= 0.6 is 0 Å². The second-order valence-electron chi connectivity index (χ2n) is 11.2. The normalized spacial score (nSPS) is 33.7. The number of rotatable bonds is 4. The summed E-state index contributed by atoms with van der Waals surface area (Å²) in [6.45, 7) is 1.72. The Hall–Kier alpha value is -2.76. The first-order valence-electron chi connectivity index (χ1n) is 13.2. The molecule has 7 atom stereocenters. The highest BCUT2D eigenvalue weighted by Crippen LogP contribution is 2.43. The maximum Gasteiger partial charge on any atom is 0.401 e. The minimum atomic E-state index is -4.33. The Kier molecular flexibility index (Phi) is 6.56. The summed E-state index contributed by atoms with van der Waals surface area (Å²) >= 11 is 0. The molecular weight excluding hydrogens is 500 g/mol. The molecule has 1 aromatic carbocycles. The monoisotopic (exact) mass is 532 g/mol. The Morgan fingerprint density at radius 2 is 1.79 bits per heavy atom. The summed E-state index contributed by atoms with van der Waals surface area (Å²) in [4.78, 5) is 20.8. The number of aryl methyl sites for hydroxylation is 1. The molecule has 0 spiro atoms. The number of hydrazine groups is 1. The van der Waals surface area contributed by atoms with Gasteiger partial charge in [0.1, 0.15) is 5.82 Å². The van der Waals surface area contributed by atoms with Gasteiger partial charge >= 0.3 is 12.2 Å². The number of urea groups is 1. The van der Waals surface area contributed by atoms with E-state index in [1.54, 1.807) is 17.0 Å². The third-order valence-corrected chi connectivity index (χ3v) is 8.77. The van der Waals surface area contributed by atoms with Gasteiger partial charge in [0.15, 0.2) is 0 Å². The molecule has 3 N–H and O–H groups in total. The van der Waals surface area contributed by atoms with E-state index in [0.29, 0.717) is 12.5 Å². The number of likely N-dealkylation sites (tertiary alicyclic amines) is 1. The predicted molar refractivity (Wildman–Crippen MR) is 132 cm³/mol. The second-order valence-corrected chi connectivity index (χ2v) is 11.2. The third-order valence-electron chi connectivity index (χ3n) is 8.77. The zero-order chi connectivity index (χ0) is 26.6. The number of nitrogens with zero attached hydrogens (tertiary/aromatic N) is 3. The number of benzene rings is 1. The fraction of sp³-hybridized carbons (Fsp3) is 0.556. The molecule has 11 heteroatoms. The van der Waals surface area contributed by atoms with Gasteiger partial charge in [0.25, 0.3) is 0 Å². The lowest BCUT2D eigenvalue weighted by Crippen LogP contribution is -2.63. The Balaban J connectivity index is 1.23. The summed E-state index contributed by atoms with van der Waals surface area (Å²) in [6, 6.07) is 9.68. The van der Waals surface area contributed by atoms with E-state index in [1.807, 2.05) is 19.2 Å². The highest BCUT2D eigenvalue weighted by atomic mass is 19.4. The highest BCUT2D eigenvalue weighted by molar-refractivity contribution is 5.76. The minimum Gasteiger partial charge on any atom is -0.335 e. The fourth-order valence-corrected chi connectivity index (χ4v) is 7.09. The van der Waals surface area contributed by atoms with E-state index >= 15 is 0 Å². The van der Waals surface area contributed by atoms with Crippen molar-refractivity contribution in [3.05, 3.63) is 65.2 Å². The predicted octanol–water partition coefficient (Wildman–Crippen LogP) is 3.50. The van der Waals surface area contributed by atoms with Gasteiger partial charge in [-0.2, -0.15) is 13.2 Å². The molecule has 1 saturated carbocycles. The highest BCUT2D eigenvalue weighted by Gasteiger charge is 2.50. The van der Waals surface area contributed by atoms with Crippen molar-refractivity contribution in [2.24, 2.45) is 11.8 Å². The first kappa shape index (κ1) is 25.5. The summed E-state index contributed by atoms with van der Waals surface area (Å²) in [5.41, 5.74) is 9.73. The van der Waals surface area contributed by atoms with Crippen molar-refractivity contribution in [1.82, 2.24) is 31.0 Å². The summed E-state index contributed by atoms with van der Waals surface area (Å²) in [6.07, 6.45) is -0.859. The van der Waals surface area contributed by atoms with Crippen LogP contribution < -0.4 is 16.2 Å². The molecule has 4 heterocycles. The zero-order valence-electron chi connectivity index (χ0n) is 21.1. The molecule has 38 heavy (non-hydrogen) atoms. The molecule has 6 rings (SSSR count). The Morgan fingerprint density at radius 1 is 1.00 bits per heavy atom. The maximum atomic E-state index is 13.6. The number of aromatic nitrogens is 1. The number of halogens is 4. The molecular formula is C27H32F4N6O. The number of hydrogen-bond acceptors (Lipinski definition) is 5. The number of fused-ring (bicyclic) bond motifs is 2. The molecule has 1 aromatic heterocycles. The number of alkyl halides is 3. The fourth-order valence-electron chi connectivity index (χ4n) is 7.09. The van der Waals surface area contributed by atoms with Crippen LogP contribution in [0.2, 0.25) is 0 Å². The topological polar surface area (TPSA) is 72.5 Å². The summed E-state index contributed by atoms with van der Waals surface area (Å²) in [5.74, 6) is -0.248. The molecule has 0 radical (unpaired) electrons. The van der Waals surface area contributed by atoms with Crippen LogP contribution in [-0.4, -0.2) is 71.3 Å². The van der Waals surface area contributed by atoms with Crippen molar-refractivity contribution < 1.29 is 22.4 Å². The lowest BCUT2D eigenvalue weighted by Gasteiger charge is -2.48. The van der Waals surface area contributed by atoms with Crippen molar-refractivity contribution in [1.29, 1.82) is 0 Å². The third kappa shape index (κ3) is 4.99. The van der Waals surface area contributed by atoms with E-state index in [0.717, 1.165) is 24.1 Å². The largest absolute Gasteiger partial charge is 0.401 e. The van der Waals surface area contributed by atoms with E-state index < -0.39 is 24.6 Å². The number of amides is 2. The average molecular weight is 533 g/mol. The van der Waals surface area contributed by atoms with Crippen LogP contribution in [0.25, 0.3) is 0 Å². The van der Waals surface area contributed by atoms with E-state index in [-0.39, 0.29) is 49.1 Å². The zero-order valence-corrected chi connectivity index (χ0v) is 21.1. The van der Waals surface area contributed by atoms with Gasteiger partial charge in [-0.3, -0.25) is 15.3 Å². The summed E-state index contributed by atoms with van der Waals surface area (Å²) < 4.78 is 53.5. The van der Waals surface area contributed by atoms with E-state index in [1.165, 1.54) is 22.6 Å². The number of nitrogens with one attached hydrogen (secondary N) is 3. The minimum absolute atomic E-state index is 0.00387. The van der Waals surface area contributed by atoms with Crippen LogP contribution in [0, 0.1) is 24.6 Å². The molecule has 2 amide bonds. The standard InChI is InChI=1S/C27H32F4N6O/c1-15-8-17(6-7-32-15)25-20-9-18-11-37(26(38)33-22(18)10-23(20)34-35-25)24-13-36(14-27(29,30)31)12-21(24)16-2-4-19(28)5-3-16/h2-8,18,20-25,34-35H,9-14H2,1H3,(H,33,38)/t18?,20?,21-,22?,23?,24+,25?/m0/s1. The van der Waals surface area contributed by atoms with Crippen LogP contribution in [-0.2, 0) is 0 Å². The summed E-state index contributed by atoms with van der Waals surface area (Å²) in [7, 11) is 0. The van der Waals surface area contributed by atoms with Crippen LogP contribution in [0.5, 0.6) is 0 Å². The van der Waals surface area contributed by atoms with Crippen LogP contribution in [0.1, 0.15) is 41.6 Å². The Labute approximate surface area is 218 Å². The van der Waals surface area contributed by atoms with Crippen LogP contribution in [0.4, 0.5) is 22.4 Å². The molecule has 4 aliphatic rings. The quantitative estimate of drug-likeness (QED) is 0.526. The van der Waals surface area contributed by atoms with Crippen molar-refractivity contribution in [2.75, 3.05) is 26.2 Å². The van der Waals surface area contributed by atoms with Crippen molar-refractivity contribution in [3.8, 4) is 0 Å². The van der Waals surface area contributed by atoms with Gasteiger partial charge in [-0.25, -0.2) is 14.6 Å². The van der Waals surface area contributed by atoms with Crippen LogP contribution in [0.15, 0.2) is 42.6 Å². The number of pyridine rings is 1. The van der Waals surface area contributed by atoms with E-state index in [2.05, 4.69) is 27.2 Å². The van der Waals surface area contributed by atoms with Crippen LogP contribution in [0.3, 0.4) is 0 Å². The van der Waals surface area contributed by atoms with Gasteiger partial charge in [0.2, 0.25) is 0 Å². The SMILES string of the molecule is Cc1cc(C2NNC3CC4NC(=O)N([C@@H]5CN(CC(F)(F)F)C[C@H]5c5ccc(F)cc5)CC4CC32)ccn1. The molecule has 5 unspecified atom stereocenters. The molecule has 3 aliphatic heterocycles.